The minimum atomic E-state index is -5.54. The SMILES string of the molecule is COc1ccc(C2(C#N)C=C(NS(=O)(=O)C(F)(F)F)CCC2)cc1OC1CCCC1. The number of nitrogens with zero attached hydrogens (tertiary/aromatic N) is 1. The molecule has 1 unspecified atom stereocenters. The smallest absolute Gasteiger partial charge is 0.493 e. The van der Waals surface area contributed by atoms with Gasteiger partial charge in [-0.1, -0.05) is 6.07 Å². The summed E-state index contributed by atoms with van der Waals surface area (Å²) in [7, 11) is -4.04. The molecule has 2 aliphatic carbocycles. The lowest BCUT2D eigenvalue weighted by Crippen LogP contribution is -2.38. The van der Waals surface area contributed by atoms with Crippen LogP contribution >= 0.6 is 0 Å². The average molecular weight is 444 g/mol. The molecule has 10 heteroatoms. The van der Waals surface area contributed by atoms with Crippen LogP contribution in [0.1, 0.15) is 50.5 Å². The molecule has 0 spiro atoms. The Morgan fingerprint density at radius 2 is 1.90 bits per heavy atom. The first-order chi connectivity index (χ1) is 14.1. The summed E-state index contributed by atoms with van der Waals surface area (Å²) < 4.78 is 74.2. The van der Waals surface area contributed by atoms with Gasteiger partial charge in [-0.25, -0.2) is 0 Å². The van der Waals surface area contributed by atoms with E-state index in [0.29, 0.717) is 29.9 Å². The maximum Gasteiger partial charge on any atom is 0.516 e. The Morgan fingerprint density at radius 3 is 2.50 bits per heavy atom. The standard InChI is InChI=1S/C20H23F3N2O4S/c1-28-17-9-8-14(11-18(17)29-16-6-2-3-7-16)19(13-24)10-4-5-15(12-19)25-30(26,27)20(21,22)23/h8-9,11-12,16,25H,2-7,10H2,1H3. The van der Waals surface area contributed by atoms with Crippen LogP contribution in [0.5, 0.6) is 11.5 Å². The van der Waals surface area contributed by atoms with Crippen LogP contribution in [0.4, 0.5) is 13.2 Å². The van der Waals surface area contributed by atoms with E-state index < -0.39 is 20.9 Å². The first kappa shape index (κ1) is 22.3. The van der Waals surface area contributed by atoms with Crippen molar-refractivity contribution in [1.82, 2.24) is 4.72 Å². The zero-order valence-electron chi connectivity index (χ0n) is 16.5. The van der Waals surface area contributed by atoms with Crippen molar-refractivity contribution in [3.63, 3.8) is 0 Å². The van der Waals surface area contributed by atoms with Crippen molar-refractivity contribution < 1.29 is 31.1 Å². The minimum Gasteiger partial charge on any atom is -0.493 e. The molecule has 1 atom stereocenters. The van der Waals surface area contributed by atoms with E-state index in [1.54, 1.807) is 22.9 Å². The number of halogens is 3. The Bertz CT molecular complexity index is 963. The summed E-state index contributed by atoms with van der Waals surface area (Å²) in [5.41, 5.74) is -6.33. The second-order valence-electron chi connectivity index (χ2n) is 7.55. The molecule has 0 amide bonds. The van der Waals surface area contributed by atoms with Gasteiger partial charge in [-0.15, -0.1) is 0 Å². The number of nitriles is 1. The summed E-state index contributed by atoms with van der Waals surface area (Å²) >= 11 is 0. The zero-order chi connectivity index (χ0) is 22.0. The first-order valence-corrected chi connectivity index (χ1v) is 11.2. The number of nitrogens with one attached hydrogen (secondary N) is 1. The Balaban J connectivity index is 1.96. The summed E-state index contributed by atoms with van der Waals surface area (Å²) in [4.78, 5) is 0. The number of allylic oxidation sites excluding steroid dienone is 2. The van der Waals surface area contributed by atoms with Gasteiger partial charge >= 0.3 is 15.5 Å². The quantitative estimate of drug-likeness (QED) is 0.707. The molecule has 0 saturated heterocycles. The van der Waals surface area contributed by atoms with Crippen LogP contribution < -0.4 is 14.2 Å². The van der Waals surface area contributed by atoms with Crippen molar-refractivity contribution >= 4 is 10.0 Å². The minimum absolute atomic E-state index is 0.0447. The fourth-order valence-corrected chi connectivity index (χ4v) is 4.54. The maximum absolute atomic E-state index is 12.7. The highest BCUT2D eigenvalue weighted by Gasteiger charge is 2.47. The lowest BCUT2D eigenvalue weighted by atomic mass is 9.74. The van der Waals surface area contributed by atoms with Crippen LogP contribution in [0.15, 0.2) is 30.0 Å². The Hall–Kier alpha value is -2.41. The van der Waals surface area contributed by atoms with Gasteiger partial charge in [0.25, 0.3) is 0 Å². The molecule has 1 N–H and O–H groups in total. The second-order valence-corrected chi connectivity index (χ2v) is 9.22. The molecule has 0 radical (unpaired) electrons. The topological polar surface area (TPSA) is 88.4 Å². The highest BCUT2D eigenvalue weighted by atomic mass is 32.2. The molecule has 1 fully saturated rings. The number of benzene rings is 1. The molecule has 0 aromatic heterocycles. The normalized spacial score (nSPS) is 22.8. The van der Waals surface area contributed by atoms with E-state index in [2.05, 4.69) is 6.07 Å². The number of ether oxygens (including phenoxy) is 2. The van der Waals surface area contributed by atoms with Gasteiger partial charge in [-0.2, -0.15) is 26.9 Å². The Morgan fingerprint density at radius 1 is 1.20 bits per heavy atom. The lowest BCUT2D eigenvalue weighted by Gasteiger charge is -2.30. The summed E-state index contributed by atoms with van der Waals surface area (Å²) in [5, 5.41) is 9.91. The summed E-state index contributed by atoms with van der Waals surface area (Å²) in [6.07, 6.45) is 6.09. The molecule has 30 heavy (non-hydrogen) atoms. The predicted octanol–water partition coefficient (Wildman–Crippen LogP) is 4.28. The molecule has 0 heterocycles. The van der Waals surface area contributed by atoms with Crippen molar-refractivity contribution in [2.24, 2.45) is 0 Å². The summed E-state index contributed by atoms with van der Waals surface area (Å²) in [6, 6.07) is 7.13. The van der Waals surface area contributed by atoms with Crippen LogP contribution in [-0.4, -0.2) is 27.1 Å². The molecule has 3 rings (SSSR count). The number of rotatable bonds is 6. The van der Waals surface area contributed by atoms with Gasteiger partial charge in [0.15, 0.2) is 11.5 Å². The van der Waals surface area contributed by atoms with Crippen LogP contribution in [0.2, 0.25) is 0 Å². The highest BCUT2D eigenvalue weighted by molar-refractivity contribution is 7.90. The van der Waals surface area contributed by atoms with Gasteiger partial charge in [0, 0.05) is 5.70 Å². The van der Waals surface area contributed by atoms with Gasteiger partial charge in [-0.3, -0.25) is 4.72 Å². The molecule has 6 nitrogen and oxygen atoms in total. The van der Waals surface area contributed by atoms with E-state index in [9.17, 15) is 26.9 Å². The zero-order valence-corrected chi connectivity index (χ0v) is 17.3. The van der Waals surface area contributed by atoms with Gasteiger partial charge in [0.2, 0.25) is 0 Å². The predicted molar refractivity (Wildman–Crippen MR) is 103 cm³/mol. The third-order valence-corrected chi connectivity index (χ3v) is 6.62. The summed E-state index contributed by atoms with van der Waals surface area (Å²) in [5.74, 6) is 0.962. The van der Waals surface area contributed by atoms with Gasteiger partial charge < -0.3 is 9.47 Å². The van der Waals surface area contributed by atoms with E-state index in [4.69, 9.17) is 9.47 Å². The first-order valence-electron chi connectivity index (χ1n) is 9.67. The average Bonchev–Trinajstić information content (AvgIpc) is 3.20. The van der Waals surface area contributed by atoms with Crippen molar-refractivity contribution in [2.75, 3.05) is 7.11 Å². The maximum atomic E-state index is 12.7. The van der Waals surface area contributed by atoms with Gasteiger partial charge in [0.1, 0.15) is 5.41 Å². The highest BCUT2D eigenvalue weighted by Crippen LogP contribution is 2.41. The fraction of sp³-hybridized carbons (Fsp3) is 0.550. The van der Waals surface area contributed by atoms with Crippen LogP contribution in [0, 0.1) is 11.3 Å². The molecule has 1 saturated carbocycles. The van der Waals surface area contributed by atoms with Gasteiger partial charge in [-0.05, 0) is 68.7 Å². The largest absolute Gasteiger partial charge is 0.516 e. The Labute approximate surface area is 173 Å². The number of sulfonamides is 1. The van der Waals surface area contributed by atoms with Crippen LogP contribution in [0.25, 0.3) is 0 Å². The van der Waals surface area contributed by atoms with E-state index in [-0.39, 0.29) is 18.2 Å². The second kappa shape index (κ2) is 8.38. The number of alkyl halides is 3. The molecule has 164 valence electrons. The van der Waals surface area contributed by atoms with Crippen molar-refractivity contribution in [2.45, 2.75) is 62.0 Å². The van der Waals surface area contributed by atoms with Crippen molar-refractivity contribution in [3.05, 3.63) is 35.5 Å². The number of hydrogen-bond donors (Lipinski definition) is 1. The third kappa shape index (κ3) is 4.51. The summed E-state index contributed by atoms with van der Waals surface area (Å²) in [6.45, 7) is 0. The molecule has 0 bridgehead atoms. The molecular weight excluding hydrogens is 421 g/mol. The third-order valence-electron chi connectivity index (χ3n) is 5.48. The van der Waals surface area contributed by atoms with Crippen molar-refractivity contribution in [3.8, 4) is 17.6 Å². The van der Waals surface area contributed by atoms with E-state index in [0.717, 1.165) is 25.7 Å². The van der Waals surface area contributed by atoms with E-state index >= 15 is 0 Å². The van der Waals surface area contributed by atoms with E-state index in [1.807, 2.05) is 0 Å². The molecule has 2 aliphatic rings. The molecule has 1 aromatic carbocycles. The number of hydrogen-bond acceptors (Lipinski definition) is 5. The molecular formula is C20H23F3N2O4S. The van der Waals surface area contributed by atoms with Crippen molar-refractivity contribution in [1.29, 1.82) is 5.26 Å². The van der Waals surface area contributed by atoms with Gasteiger partial charge in [0.05, 0.1) is 19.3 Å². The lowest BCUT2D eigenvalue weighted by molar-refractivity contribution is -0.0445. The monoisotopic (exact) mass is 444 g/mol. The molecule has 1 aromatic rings. The molecule has 0 aliphatic heterocycles. The fourth-order valence-electron chi connectivity index (χ4n) is 3.92. The van der Waals surface area contributed by atoms with Crippen LogP contribution in [-0.2, 0) is 15.4 Å². The number of methoxy groups -OCH3 is 1. The van der Waals surface area contributed by atoms with Crippen LogP contribution in [0.3, 0.4) is 0 Å². The van der Waals surface area contributed by atoms with E-state index in [1.165, 1.54) is 13.2 Å². The Kier molecular flexibility index (Phi) is 6.22.